The maximum absolute atomic E-state index is 15.1. The monoisotopic (exact) mass is 516 g/mol. The van der Waals surface area contributed by atoms with Gasteiger partial charge in [0.25, 0.3) is 0 Å². The minimum absolute atomic E-state index is 0.0132. The van der Waals surface area contributed by atoms with E-state index in [4.69, 9.17) is 9.47 Å². The molecule has 3 atom stereocenters. The number of rotatable bonds is 8. The minimum Gasteiger partial charge on any atom is -0.497 e. The molecule has 3 aromatic carbocycles. The molecule has 200 valence electrons. The standard InChI is InChI=1S/C33H37FO4/c1-20(32(35)36)25-13-9-22-8-10-24(18-27(22)25)38-19-21-7-12-26(29-17-23(37-4)11-14-31(29)34)28(16-21)30-6-5-15-33(30,2)3/h7-8,10-12,14,16-18,20,25,30H,5-6,9,13,15,19H2,1-4H3,(H,35,36)/t20-,25+,30+/m1/s1. The molecular weight excluding hydrogens is 479 g/mol. The number of aliphatic carboxylic acids is 1. The first-order valence-electron chi connectivity index (χ1n) is 13.6. The Morgan fingerprint density at radius 2 is 1.82 bits per heavy atom. The predicted molar refractivity (Wildman–Crippen MR) is 147 cm³/mol. The normalized spacial score (nSPS) is 20.7. The van der Waals surface area contributed by atoms with E-state index in [0.717, 1.165) is 60.1 Å². The minimum atomic E-state index is -0.760. The van der Waals surface area contributed by atoms with Crippen molar-refractivity contribution in [1.29, 1.82) is 0 Å². The van der Waals surface area contributed by atoms with E-state index >= 15 is 4.39 Å². The second kappa shape index (κ2) is 10.4. The predicted octanol–water partition coefficient (Wildman–Crippen LogP) is 8.12. The Balaban J connectivity index is 1.45. The Hall–Kier alpha value is -3.34. The molecule has 1 fully saturated rings. The molecule has 0 unspecified atom stereocenters. The van der Waals surface area contributed by atoms with Crippen LogP contribution in [0, 0.1) is 17.2 Å². The Labute approximate surface area is 224 Å². The topological polar surface area (TPSA) is 55.8 Å². The molecule has 2 aliphatic carbocycles. The number of methoxy groups -OCH3 is 1. The van der Waals surface area contributed by atoms with E-state index in [0.29, 0.717) is 23.8 Å². The highest BCUT2D eigenvalue weighted by Gasteiger charge is 2.37. The van der Waals surface area contributed by atoms with Crippen molar-refractivity contribution in [3.8, 4) is 22.6 Å². The summed E-state index contributed by atoms with van der Waals surface area (Å²) >= 11 is 0. The van der Waals surface area contributed by atoms with Crippen molar-refractivity contribution >= 4 is 5.97 Å². The van der Waals surface area contributed by atoms with Crippen LogP contribution >= 0.6 is 0 Å². The van der Waals surface area contributed by atoms with Crippen molar-refractivity contribution in [3.63, 3.8) is 0 Å². The highest BCUT2D eigenvalue weighted by Crippen LogP contribution is 2.51. The average Bonchev–Trinajstić information content (AvgIpc) is 3.49. The molecule has 1 saturated carbocycles. The quantitative estimate of drug-likeness (QED) is 0.328. The lowest BCUT2D eigenvalue weighted by atomic mass is 9.75. The van der Waals surface area contributed by atoms with E-state index in [1.807, 2.05) is 24.3 Å². The van der Waals surface area contributed by atoms with Gasteiger partial charge in [-0.2, -0.15) is 0 Å². The van der Waals surface area contributed by atoms with E-state index in [1.165, 1.54) is 11.6 Å². The van der Waals surface area contributed by atoms with Crippen LogP contribution in [0.15, 0.2) is 54.6 Å². The highest BCUT2D eigenvalue weighted by atomic mass is 19.1. The molecule has 0 aliphatic heterocycles. The number of benzene rings is 3. The van der Waals surface area contributed by atoms with Gasteiger partial charge in [0.1, 0.15) is 23.9 Å². The molecule has 3 aromatic rings. The van der Waals surface area contributed by atoms with Crippen molar-refractivity contribution in [2.75, 3.05) is 7.11 Å². The highest BCUT2D eigenvalue weighted by molar-refractivity contribution is 5.72. The summed E-state index contributed by atoms with van der Waals surface area (Å²) in [5, 5.41) is 9.53. The Morgan fingerprint density at radius 3 is 2.53 bits per heavy atom. The second-order valence-electron chi connectivity index (χ2n) is 11.6. The third-order valence-corrected chi connectivity index (χ3v) is 8.85. The van der Waals surface area contributed by atoms with Crippen LogP contribution in [-0.2, 0) is 17.8 Å². The molecule has 38 heavy (non-hydrogen) atoms. The molecule has 0 heterocycles. The number of halogens is 1. The van der Waals surface area contributed by atoms with Crippen molar-refractivity contribution in [2.45, 2.75) is 71.3 Å². The van der Waals surface area contributed by atoms with Crippen molar-refractivity contribution in [1.82, 2.24) is 0 Å². The summed E-state index contributed by atoms with van der Waals surface area (Å²) in [5.41, 5.74) is 6.09. The maximum Gasteiger partial charge on any atom is 0.306 e. The lowest BCUT2D eigenvalue weighted by Gasteiger charge is -2.30. The number of fused-ring (bicyclic) bond motifs is 1. The molecule has 0 saturated heterocycles. The Bertz CT molecular complexity index is 1340. The zero-order chi connectivity index (χ0) is 27.0. The second-order valence-corrected chi connectivity index (χ2v) is 11.6. The first kappa shape index (κ1) is 26.3. The lowest BCUT2D eigenvalue weighted by Crippen LogP contribution is -2.17. The van der Waals surface area contributed by atoms with E-state index in [9.17, 15) is 9.90 Å². The van der Waals surface area contributed by atoms with Crippen LogP contribution in [0.25, 0.3) is 11.1 Å². The van der Waals surface area contributed by atoms with E-state index < -0.39 is 11.9 Å². The third-order valence-electron chi connectivity index (χ3n) is 8.85. The van der Waals surface area contributed by atoms with Crippen LogP contribution in [0.3, 0.4) is 0 Å². The summed E-state index contributed by atoms with van der Waals surface area (Å²) in [5.74, 6) is 0.282. The fraction of sp³-hybridized carbons (Fsp3) is 0.424. The number of hydrogen-bond donors (Lipinski definition) is 1. The molecule has 5 rings (SSSR count). The van der Waals surface area contributed by atoms with Crippen molar-refractivity contribution < 1.29 is 23.8 Å². The molecular formula is C33H37FO4. The summed E-state index contributed by atoms with van der Waals surface area (Å²) < 4.78 is 26.7. The fourth-order valence-corrected chi connectivity index (χ4v) is 6.54. The lowest BCUT2D eigenvalue weighted by molar-refractivity contribution is -0.141. The molecule has 0 radical (unpaired) electrons. The van der Waals surface area contributed by atoms with Crippen LogP contribution in [0.1, 0.15) is 80.5 Å². The van der Waals surface area contributed by atoms with Crippen LogP contribution in [0.5, 0.6) is 11.5 Å². The van der Waals surface area contributed by atoms with Gasteiger partial charge in [-0.25, -0.2) is 4.39 Å². The van der Waals surface area contributed by atoms with Gasteiger partial charge in [0, 0.05) is 5.56 Å². The summed E-state index contributed by atoms with van der Waals surface area (Å²) in [6.07, 6.45) is 5.13. The summed E-state index contributed by atoms with van der Waals surface area (Å²) in [4.78, 5) is 11.6. The van der Waals surface area contributed by atoms with Gasteiger partial charge in [-0.1, -0.05) is 51.5 Å². The zero-order valence-corrected chi connectivity index (χ0v) is 22.7. The Kier molecular flexibility index (Phi) is 7.21. The summed E-state index contributed by atoms with van der Waals surface area (Å²) in [6, 6.07) is 17.2. The van der Waals surface area contributed by atoms with Gasteiger partial charge in [0.2, 0.25) is 0 Å². The molecule has 0 bridgehead atoms. The van der Waals surface area contributed by atoms with Crippen LogP contribution < -0.4 is 9.47 Å². The summed E-state index contributed by atoms with van der Waals surface area (Å²) in [6.45, 7) is 6.78. The van der Waals surface area contributed by atoms with Gasteiger partial charge in [-0.15, -0.1) is 0 Å². The van der Waals surface area contributed by atoms with Gasteiger partial charge in [-0.3, -0.25) is 4.79 Å². The SMILES string of the molecule is COc1ccc(F)c(-c2ccc(COc3ccc4c(c3)[C@H]([C@@H](C)C(=O)O)CC4)cc2[C@@H]2CCCC2(C)C)c1. The number of carboxylic acid groups (broad SMARTS) is 1. The fourth-order valence-electron chi connectivity index (χ4n) is 6.54. The molecule has 1 N–H and O–H groups in total. The van der Waals surface area contributed by atoms with Gasteiger partial charge >= 0.3 is 5.97 Å². The van der Waals surface area contributed by atoms with Gasteiger partial charge in [-0.05, 0) is 101 Å². The smallest absolute Gasteiger partial charge is 0.306 e. The van der Waals surface area contributed by atoms with Gasteiger partial charge in [0.05, 0.1) is 13.0 Å². The first-order valence-corrected chi connectivity index (χ1v) is 13.6. The molecule has 0 spiro atoms. The largest absolute Gasteiger partial charge is 0.497 e. The average molecular weight is 517 g/mol. The number of aryl methyl sites for hydroxylation is 1. The number of carbonyl (C=O) groups is 1. The number of ether oxygens (including phenoxy) is 2. The molecule has 0 aromatic heterocycles. The molecule has 4 nitrogen and oxygen atoms in total. The van der Waals surface area contributed by atoms with Crippen LogP contribution in [0.2, 0.25) is 0 Å². The zero-order valence-electron chi connectivity index (χ0n) is 22.7. The third kappa shape index (κ3) is 5.03. The van der Waals surface area contributed by atoms with E-state index in [1.54, 1.807) is 26.2 Å². The molecule has 0 amide bonds. The van der Waals surface area contributed by atoms with Crippen LogP contribution in [-0.4, -0.2) is 18.2 Å². The van der Waals surface area contributed by atoms with Crippen molar-refractivity contribution in [2.24, 2.45) is 11.3 Å². The maximum atomic E-state index is 15.1. The summed E-state index contributed by atoms with van der Waals surface area (Å²) in [7, 11) is 1.60. The number of hydrogen-bond acceptors (Lipinski definition) is 3. The molecule has 2 aliphatic rings. The Morgan fingerprint density at radius 1 is 1.03 bits per heavy atom. The van der Waals surface area contributed by atoms with Crippen LogP contribution in [0.4, 0.5) is 4.39 Å². The van der Waals surface area contributed by atoms with Gasteiger partial charge < -0.3 is 14.6 Å². The number of carboxylic acids is 1. The van der Waals surface area contributed by atoms with Gasteiger partial charge in [0.15, 0.2) is 0 Å². The first-order chi connectivity index (χ1) is 18.2. The van der Waals surface area contributed by atoms with Crippen molar-refractivity contribution in [3.05, 3.63) is 82.7 Å². The van der Waals surface area contributed by atoms with E-state index in [-0.39, 0.29) is 17.2 Å². The molecule has 5 heteroatoms. The van der Waals surface area contributed by atoms with E-state index in [2.05, 4.69) is 26.0 Å².